The van der Waals surface area contributed by atoms with E-state index in [1.54, 1.807) is 7.11 Å². The van der Waals surface area contributed by atoms with Crippen LogP contribution in [0.1, 0.15) is 25.7 Å². The molecule has 98 valence electrons. The third-order valence-electron chi connectivity index (χ3n) is 3.64. The number of ether oxygens (including phenoxy) is 2. The minimum atomic E-state index is 0.365. The molecule has 2 fully saturated rings. The number of hydrogen-bond donors (Lipinski definition) is 0. The van der Waals surface area contributed by atoms with Gasteiger partial charge >= 0.3 is 0 Å². The fourth-order valence-corrected chi connectivity index (χ4v) is 2.30. The number of methoxy groups -OCH3 is 1. The molecule has 0 aromatic rings. The van der Waals surface area contributed by atoms with Crippen molar-refractivity contribution in [3.05, 3.63) is 0 Å². The second-order valence-corrected chi connectivity index (χ2v) is 5.11. The molecule has 1 amide bonds. The van der Waals surface area contributed by atoms with Gasteiger partial charge in [0.2, 0.25) is 5.91 Å². The van der Waals surface area contributed by atoms with Gasteiger partial charge in [-0.05, 0) is 31.6 Å². The summed E-state index contributed by atoms with van der Waals surface area (Å²) in [6.07, 6.45) is 4.40. The minimum absolute atomic E-state index is 0.365. The number of piperidine rings is 1. The Labute approximate surface area is 103 Å². The Morgan fingerprint density at radius 2 is 1.88 bits per heavy atom. The first kappa shape index (κ1) is 12.8. The molecule has 1 saturated carbocycles. The summed E-state index contributed by atoms with van der Waals surface area (Å²) >= 11 is 0. The molecule has 0 N–H and O–H groups in total. The summed E-state index contributed by atoms with van der Waals surface area (Å²) < 4.78 is 10.5. The van der Waals surface area contributed by atoms with Crippen LogP contribution in [-0.4, -0.2) is 50.8 Å². The van der Waals surface area contributed by atoms with Gasteiger partial charge in [0.25, 0.3) is 0 Å². The molecule has 0 unspecified atom stereocenters. The molecular weight excluding hydrogens is 218 g/mol. The van der Waals surface area contributed by atoms with Crippen molar-refractivity contribution >= 4 is 5.91 Å². The maximum atomic E-state index is 11.8. The van der Waals surface area contributed by atoms with Gasteiger partial charge in [-0.1, -0.05) is 0 Å². The lowest BCUT2D eigenvalue weighted by Crippen LogP contribution is -2.40. The molecule has 0 radical (unpaired) electrons. The highest BCUT2D eigenvalue weighted by atomic mass is 16.5. The summed E-state index contributed by atoms with van der Waals surface area (Å²) in [6, 6.07) is 0. The van der Waals surface area contributed by atoms with Crippen molar-refractivity contribution < 1.29 is 14.3 Å². The molecule has 0 bridgehead atoms. The van der Waals surface area contributed by atoms with E-state index in [1.807, 2.05) is 4.90 Å². The normalized spacial score (nSPS) is 21.8. The van der Waals surface area contributed by atoms with Crippen LogP contribution < -0.4 is 0 Å². The number of carbonyl (C=O) groups excluding carboxylic acids is 1. The second kappa shape index (κ2) is 6.36. The summed E-state index contributed by atoms with van der Waals surface area (Å²) in [6.45, 7) is 4.01. The maximum absolute atomic E-state index is 11.8. The van der Waals surface area contributed by atoms with Crippen molar-refractivity contribution in [3.63, 3.8) is 0 Å². The molecule has 0 atom stereocenters. The van der Waals surface area contributed by atoms with Crippen LogP contribution in [0, 0.1) is 11.8 Å². The van der Waals surface area contributed by atoms with Crippen LogP contribution in [0.5, 0.6) is 0 Å². The highest BCUT2D eigenvalue weighted by molar-refractivity contribution is 5.81. The largest absolute Gasteiger partial charge is 0.382 e. The third-order valence-corrected chi connectivity index (χ3v) is 3.64. The SMILES string of the molecule is COCCOCC1CCN(C(=O)C2CC2)CC1. The quantitative estimate of drug-likeness (QED) is 0.658. The van der Waals surface area contributed by atoms with Gasteiger partial charge in [0.05, 0.1) is 13.2 Å². The molecule has 1 heterocycles. The van der Waals surface area contributed by atoms with E-state index >= 15 is 0 Å². The van der Waals surface area contributed by atoms with Crippen LogP contribution in [-0.2, 0) is 14.3 Å². The van der Waals surface area contributed by atoms with Crippen LogP contribution in [0.4, 0.5) is 0 Å². The average molecular weight is 241 g/mol. The summed E-state index contributed by atoms with van der Waals surface area (Å²) in [5, 5.41) is 0. The van der Waals surface area contributed by atoms with Gasteiger partial charge in [0.1, 0.15) is 0 Å². The lowest BCUT2D eigenvalue weighted by molar-refractivity contribution is -0.134. The highest BCUT2D eigenvalue weighted by Gasteiger charge is 2.34. The lowest BCUT2D eigenvalue weighted by Gasteiger charge is -2.32. The van der Waals surface area contributed by atoms with E-state index in [1.165, 1.54) is 0 Å². The van der Waals surface area contributed by atoms with Gasteiger partial charge in [0, 0.05) is 32.7 Å². The van der Waals surface area contributed by atoms with Gasteiger partial charge in [-0.15, -0.1) is 0 Å². The Bertz CT molecular complexity index is 245. The first-order valence-electron chi connectivity index (χ1n) is 6.66. The Morgan fingerprint density at radius 1 is 1.18 bits per heavy atom. The van der Waals surface area contributed by atoms with Gasteiger partial charge in [-0.2, -0.15) is 0 Å². The zero-order chi connectivity index (χ0) is 12.1. The number of likely N-dealkylation sites (tertiary alicyclic amines) is 1. The average Bonchev–Trinajstić information content (AvgIpc) is 3.19. The van der Waals surface area contributed by atoms with E-state index in [4.69, 9.17) is 9.47 Å². The zero-order valence-electron chi connectivity index (χ0n) is 10.7. The molecule has 0 aromatic heterocycles. The smallest absolute Gasteiger partial charge is 0.225 e. The van der Waals surface area contributed by atoms with Gasteiger partial charge in [-0.25, -0.2) is 0 Å². The van der Waals surface area contributed by atoms with E-state index in [9.17, 15) is 4.79 Å². The van der Waals surface area contributed by atoms with Crippen molar-refractivity contribution in [2.75, 3.05) is 40.0 Å². The van der Waals surface area contributed by atoms with Crippen molar-refractivity contribution in [1.82, 2.24) is 4.90 Å². The lowest BCUT2D eigenvalue weighted by atomic mass is 9.97. The molecule has 1 aliphatic carbocycles. The second-order valence-electron chi connectivity index (χ2n) is 5.11. The number of rotatable bonds is 6. The predicted molar refractivity (Wildman–Crippen MR) is 64.7 cm³/mol. The van der Waals surface area contributed by atoms with Crippen LogP contribution in [0.2, 0.25) is 0 Å². The molecule has 0 spiro atoms. The maximum Gasteiger partial charge on any atom is 0.225 e. The van der Waals surface area contributed by atoms with Gasteiger partial charge < -0.3 is 14.4 Å². The van der Waals surface area contributed by atoms with Crippen molar-refractivity contribution in [3.8, 4) is 0 Å². The van der Waals surface area contributed by atoms with Crippen molar-refractivity contribution in [2.45, 2.75) is 25.7 Å². The Hall–Kier alpha value is -0.610. The van der Waals surface area contributed by atoms with Crippen LogP contribution in [0.15, 0.2) is 0 Å². The molecule has 4 heteroatoms. The molecule has 17 heavy (non-hydrogen) atoms. The third kappa shape index (κ3) is 3.96. The monoisotopic (exact) mass is 241 g/mol. The summed E-state index contributed by atoms with van der Waals surface area (Å²) in [5.74, 6) is 1.38. The molecular formula is C13H23NO3. The zero-order valence-corrected chi connectivity index (χ0v) is 10.7. The number of nitrogens with zero attached hydrogens (tertiary/aromatic N) is 1. The summed E-state index contributed by atoms with van der Waals surface area (Å²) in [4.78, 5) is 13.9. The fraction of sp³-hybridized carbons (Fsp3) is 0.923. The fourth-order valence-electron chi connectivity index (χ4n) is 2.30. The minimum Gasteiger partial charge on any atom is -0.382 e. The summed E-state index contributed by atoms with van der Waals surface area (Å²) in [5.41, 5.74) is 0. The molecule has 2 rings (SSSR count). The van der Waals surface area contributed by atoms with Crippen molar-refractivity contribution in [2.24, 2.45) is 11.8 Å². The highest BCUT2D eigenvalue weighted by Crippen LogP contribution is 2.32. The van der Waals surface area contributed by atoms with Gasteiger partial charge in [-0.3, -0.25) is 4.79 Å². The molecule has 4 nitrogen and oxygen atoms in total. The Balaban J connectivity index is 1.58. The van der Waals surface area contributed by atoms with E-state index in [-0.39, 0.29) is 0 Å². The summed E-state index contributed by atoms with van der Waals surface area (Å²) in [7, 11) is 1.69. The number of amides is 1. The first-order valence-corrected chi connectivity index (χ1v) is 6.66. The van der Waals surface area contributed by atoms with E-state index in [0.717, 1.165) is 45.4 Å². The first-order chi connectivity index (χ1) is 8.31. The van der Waals surface area contributed by atoms with Crippen LogP contribution >= 0.6 is 0 Å². The van der Waals surface area contributed by atoms with Gasteiger partial charge in [0.15, 0.2) is 0 Å². The molecule has 0 aromatic carbocycles. The molecule has 1 saturated heterocycles. The standard InChI is InChI=1S/C13H23NO3/c1-16-8-9-17-10-11-4-6-14(7-5-11)13(15)12-2-3-12/h11-12H,2-10H2,1H3. The van der Waals surface area contributed by atoms with E-state index in [2.05, 4.69) is 0 Å². The molecule has 2 aliphatic rings. The predicted octanol–water partition coefficient (Wildman–Crippen LogP) is 1.30. The Kier molecular flexibility index (Phi) is 4.80. The topological polar surface area (TPSA) is 38.8 Å². The number of carbonyl (C=O) groups is 1. The Morgan fingerprint density at radius 3 is 2.47 bits per heavy atom. The number of hydrogen-bond acceptors (Lipinski definition) is 3. The van der Waals surface area contributed by atoms with E-state index < -0.39 is 0 Å². The van der Waals surface area contributed by atoms with E-state index in [0.29, 0.717) is 31.0 Å². The van der Waals surface area contributed by atoms with Crippen LogP contribution in [0.25, 0.3) is 0 Å². The van der Waals surface area contributed by atoms with Crippen molar-refractivity contribution in [1.29, 1.82) is 0 Å². The van der Waals surface area contributed by atoms with Crippen LogP contribution in [0.3, 0.4) is 0 Å². The molecule has 1 aliphatic heterocycles.